The third-order valence-corrected chi connectivity index (χ3v) is 10.7. The Kier molecular flexibility index (Phi) is 21.8. The van der Waals surface area contributed by atoms with E-state index in [4.69, 9.17) is 29.5 Å². The SMILES string of the molecule is C1CCOC1.CC(C)(C)c1c(F)cc(O)c(Br)c1F.C[C@H](C[C@H](C)Oc1cc(F)c(C(C)(C)C)c(F)c1Br)Oc1cc(F)c(C(C)(C)C)c(F)c1Br.C[C@H](O)C[C@@H](C)O. The molecule has 0 radical (unpaired) electrons. The number of phenolic OH excluding ortho intramolecular Hbond substituents is 1. The Morgan fingerprint density at radius 2 is 0.864 bits per heavy atom. The maximum absolute atomic E-state index is 14.8. The molecule has 15 heteroatoms. The van der Waals surface area contributed by atoms with Crippen LogP contribution in [0.1, 0.15) is 132 Å². The third kappa shape index (κ3) is 17.3. The molecule has 3 aromatic carbocycles. The molecule has 0 aromatic heterocycles. The summed E-state index contributed by atoms with van der Waals surface area (Å²) in [5, 5.41) is 26.3. The quantitative estimate of drug-likeness (QED) is 0.154. The van der Waals surface area contributed by atoms with Gasteiger partial charge in [0.2, 0.25) is 0 Å². The fourth-order valence-corrected chi connectivity index (χ4v) is 7.09. The highest BCUT2D eigenvalue weighted by molar-refractivity contribution is 9.11. The van der Waals surface area contributed by atoms with Gasteiger partial charge >= 0.3 is 0 Å². The van der Waals surface area contributed by atoms with Crippen LogP contribution in [-0.2, 0) is 21.0 Å². The van der Waals surface area contributed by atoms with E-state index in [0.717, 1.165) is 31.4 Å². The average molecular weight is 1040 g/mol. The summed E-state index contributed by atoms with van der Waals surface area (Å²) < 4.78 is 102. The van der Waals surface area contributed by atoms with Gasteiger partial charge in [0.15, 0.2) is 0 Å². The van der Waals surface area contributed by atoms with Crippen molar-refractivity contribution in [3.63, 3.8) is 0 Å². The molecule has 1 fully saturated rings. The van der Waals surface area contributed by atoms with Gasteiger partial charge < -0.3 is 29.5 Å². The molecule has 0 bridgehead atoms. The maximum atomic E-state index is 14.8. The first kappa shape index (κ1) is 55.0. The fraction of sp³-hybridized carbons (Fsp3) is 0.591. The highest BCUT2D eigenvalue weighted by atomic mass is 79.9. The summed E-state index contributed by atoms with van der Waals surface area (Å²) in [5.74, 6) is -4.62. The predicted molar refractivity (Wildman–Crippen MR) is 233 cm³/mol. The number of aliphatic hydroxyl groups excluding tert-OH is 2. The smallest absolute Gasteiger partial charge is 0.147 e. The van der Waals surface area contributed by atoms with Crippen molar-refractivity contribution >= 4 is 47.8 Å². The molecule has 0 unspecified atom stereocenters. The molecular weight excluding hydrogens is 978 g/mol. The fourth-order valence-electron chi connectivity index (χ4n) is 5.96. The molecule has 4 atom stereocenters. The molecule has 3 aromatic rings. The average Bonchev–Trinajstić information content (AvgIpc) is 3.63. The molecule has 0 saturated carbocycles. The summed E-state index contributed by atoms with van der Waals surface area (Å²) in [6.07, 6.45) is 1.57. The number of aromatic hydroxyl groups is 1. The van der Waals surface area contributed by atoms with Crippen molar-refractivity contribution in [2.75, 3.05) is 13.2 Å². The standard InChI is InChI=1S/C25H30Br2F4O2.C10H11BrF2O.C5H12O2.C4H8O/c1-12(32-16-10-14(28)18(24(3,4)5)22(30)20(16)26)9-13(2)33-17-11-15(29)19(25(6,7)8)23(31)21(17)27;1-10(2,3)7-5(12)4-6(14)8(11)9(7)13;1-4(6)3-5(2)7;1-2-4-5-3-1/h10-13H,9H2,1-8H3;4,14H,1-3H3;4-7H,3H2,1-2H3;1-4H2/t12-,13+;;4-,5+;. The monoisotopic (exact) mass is 1040 g/mol. The van der Waals surface area contributed by atoms with Crippen molar-refractivity contribution in [2.24, 2.45) is 0 Å². The summed E-state index contributed by atoms with van der Waals surface area (Å²) in [6, 6.07) is 3.22. The minimum absolute atomic E-state index is 0.0258. The van der Waals surface area contributed by atoms with Crippen LogP contribution in [0.3, 0.4) is 0 Å². The Bertz CT molecular complexity index is 1720. The van der Waals surface area contributed by atoms with Crippen LogP contribution in [0.4, 0.5) is 26.3 Å². The van der Waals surface area contributed by atoms with Crippen LogP contribution in [0.15, 0.2) is 31.6 Å². The number of phenols is 1. The lowest BCUT2D eigenvalue weighted by atomic mass is 9.86. The van der Waals surface area contributed by atoms with Crippen LogP contribution in [0.5, 0.6) is 17.2 Å². The molecule has 1 aliphatic heterocycles. The zero-order valence-electron chi connectivity index (χ0n) is 36.3. The van der Waals surface area contributed by atoms with Crippen LogP contribution in [-0.4, -0.2) is 52.9 Å². The van der Waals surface area contributed by atoms with Crippen molar-refractivity contribution in [2.45, 2.75) is 156 Å². The van der Waals surface area contributed by atoms with Gasteiger partial charge in [0.25, 0.3) is 0 Å². The predicted octanol–water partition coefficient (Wildman–Crippen LogP) is 13.7. The maximum Gasteiger partial charge on any atom is 0.147 e. The lowest BCUT2D eigenvalue weighted by Crippen LogP contribution is -2.24. The van der Waals surface area contributed by atoms with E-state index in [9.17, 15) is 26.3 Å². The van der Waals surface area contributed by atoms with Gasteiger partial charge in [-0.25, -0.2) is 26.3 Å². The number of halogens is 9. The summed E-state index contributed by atoms with van der Waals surface area (Å²) in [5.41, 5.74) is -2.16. The van der Waals surface area contributed by atoms with Crippen LogP contribution in [0.2, 0.25) is 0 Å². The van der Waals surface area contributed by atoms with Crippen LogP contribution in [0, 0.1) is 34.9 Å². The van der Waals surface area contributed by atoms with Crippen molar-refractivity contribution in [3.8, 4) is 17.2 Å². The Hall–Kier alpha value is -2.04. The first-order valence-electron chi connectivity index (χ1n) is 19.3. The van der Waals surface area contributed by atoms with Gasteiger partial charge in [-0.05, 0) is 111 Å². The van der Waals surface area contributed by atoms with Crippen molar-refractivity contribution in [1.29, 1.82) is 0 Å². The van der Waals surface area contributed by atoms with E-state index < -0.39 is 69.1 Å². The molecule has 0 spiro atoms. The molecule has 3 N–H and O–H groups in total. The molecule has 336 valence electrons. The number of aliphatic hydroxyl groups is 2. The minimum atomic E-state index is -0.741. The molecule has 0 aliphatic carbocycles. The van der Waals surface area contributed by atoms with Crippen LogP contribution in [0.25, 0.3) is 0 Å². The Labute approximate surface area is 371 Å². The number of hydrogen-bond donors (Lipinski definition) is 3. The Morgan fingerprint density at radius 3 is 1.12 bits per heavy atom. The Balaban J connectivity index is 0.000000539. The summed E-state index contributed by atoms with van der Waals surface area (Å²) in [6.45, 7) is 24.2. The molecule has 6 nitrogen and oxygen atoms in total. The second kappa shape index (κ2) is 23.4. The van der Waals surface area contributed by atoms with Gasteiger partial charge in [0.1, 0.15) is 52.2 Å². The molecule has 1 saturated heterocycles. The molecule has 59 heavy (non-hydrogen) atoms. The number of hydrogen-bond acceptors (Lipinski definition) is 6. The van der Waals surface area contributed by atoms with Crippen molar-refractivity contribution < 1.29 is 55.9 Å². The minimum Gasteiger partial charge on any atom is -0.507 e. The molecule has 0 amide bonds. The topological polar surface area (TPSA) is 88.4 Å². The highest BCUT2D eigenvalue weighted by Gasteiger charge is 2.30. The van der Waals surface area contributed by atoms with Gasteiger partial charge in [0, 0.05) is 54.5 Å². The second-order valence-electron chi connectivity index (χ2n) is 17.7. The molecule has 1 aliphatic rings. The van der Waals surface area contributed by atoms with Gasteiger partial charge in [-0.15, -0.1) is 0 Å². The summed E-state index contributed by atoms with van der Waals surface area (Å²) in [7, 11) is 0. The molecule has 1 heterocycles. The summed E-state index contributed by atoms with van der Waals surface area (Å²) >= 11 is 9.20. The van der Waals surface area contributed by atoms with E-state index in [2.05, 4.69) is 47.8 Å². The van der Waals surface area contributed by atoms with Gasteiger partial charge in [0.05, 0.1) is 37.8 Å². The zero-order chi connectivity index (χ0) is 46.0. The van der Waals surface area contributed by atoms with E-state index in [1.807, 2.05) is 0 Å². The van der Waals surface area contributed by atoms with Gasteiger partial charge in [-0.3, -0.25) is 0 Å². The van der Waals surface area contributed by atoms with Crippen molar-refractivity contribution in [3.05, 3.63) is 83.2 Å². The third-order valence-electron chi connectivity index (χ3n) is 8.47. The van der Waals surface area contributed by atoms with E-state index in [1.165, 1.54) is 12.8 Å². The lowest BCUT2D eigenvalue weighted by Gasteiger charge is -2.25. The first-order valence-corrected chi connectivity index (χ1v) is 21.7. The van der Waals surface area contributed by atoms with Crippen molar-refractivity contribution in [1.82, 2.24) is 0 Å². The normalized spacial score (nSPS) is 15.1. The zero-order valence-corrected chi connectivity index (χ0v) is 41.0. The number of rotatable bonds is 8. The summed E-state index contributed by atoms with van der Waals surface area (Å²) in [4.78, 5) is 0. The largest absolute Gasteiger partial charge is 0.507 e. The van der Waals surface area contributed by atoms with Crippen LogP contribution >= 0.6 is 47.8 Å². The van der Waals surface area contributed by atoms with E-state index in [-0.39, 0.29) is 53.8 Å². The van der Waals surface area contributed by atoms with Gasteiger partial charge in [-0.1, -0.05) is 62.3 Å². The molecular formula is C44H61Br3F6O6. The van der Waals surface area contributed by atoms with Crippen LogP contribution < -0.4 is 9.47 Å². The van der Waals surface area contributed by atoms with E-state index in [0.29, 0.717) is 12.8 Å². The second-order valence-corrected chi connectivity index (χ2v) is 20.1. The number of ether oxygens (including phenoxy) is 3. The first-order chi connectivity index (χ1) is 26.8. The van der Waals surface area contributed by atoms with Gasteiger partial charge in [-0.2, -0.15) is 0 Å². The van der Waals surface area contributed by atoms with E-state index >= 15 is 0 Å². The molecule has 4 rings (SSSR count). The number of benzene rings is 3. The highest BCUT2D eigenvalue weighted by Crippen LogP contribution is 2.40. The lowest BCUT2D eigenvalue weighted by molar-refractivity contribution is 0.102. The Morgan fingerprint density at radius 1 is 0.559 bits per heavy atom. The van der Waals surface area contributed by atoms with E-state index in [1.54, 1.807) is 90.0 Å².